The van der Waals surface area contributed by atoms with Crippen molar-refractivity contribution in [1.29, 1.82) is 0 Å². The smallest absolute Gasteiger partial charge is 0.0434 e. The molecule has 0 saturated carbocycles. The van der Waals surface area contributed by atoms with Crippen molar-refractivity contribution in [1.82, 2.24) is 0 Å². The SMILES string of the molecule is OCCC[C](Cc1ccc(CCCO)cc1)c1ccccc1. The zero-order valence-corrected chi connectivity index (χ0v) is 13.0. The lowest BCUT2D eigenvalue weighted by Crippen LogP contribution is -2.05. The van der Waals surface area contributed by atoms with Crippen LogP contribution in [-0.2, 0) is 12.8 Å². The molecule has 0 spiro atoms. The molecule has 0 atom stereocenters. The number of aliphatic hydroxyl groups is 2. The van der Waals surface area contributed by atoms with E-state index in [0.717, 1.165) is 32.1 Å². The van der Waals surface area contributed by atoms with E-state index >= 15 is 0 Å². The monoisotopic (exact) mass is 297 g/mol. The second kappa shape index (κ2) is 9.39. The van der Waals surface area contributed by atoms with Gasteiger partial charge in [-0.3, -0.25) is 0 Å². The van der Waals surface area contributed by atoms with Crippen LogP contribution >= 0.6 is 0 Å². The van der Waals surface area contributed by atoms with Gasteiger partial charge in [-0.15, -0.1) is 0 Å². The number of benzene rings is 2. The fraction of sp³-hybridized carbons (Fsp3) is 0.350. The molecule has 2 rings (SSSR count). The third-order valence-corrected chi connectivity index (χ3v) is 3.88. The van der Waals surface area contributed by atoms with E-state index in [1.54, 1.807) is 0 Å². The first-order valence-corrected chi connectivity index (χ1v) is 8.03. The van der Waals surface area contributed by atoms with E-state index in [1.165, 1.54) is 22.6 Å². The van der Waals surface area contributed by atoms with E-state index in [0.29, 0.717) is 0 Å². The Bertz CT molecular complexity index is 519. The number of rotatable bonds is 9. The van der Waals surface area contributed by atoms with Crippen LogP contribution < -0.4 is 0 Å². The van der Waals surface area contributed by atoms with Crippen LogP contribution in [0.5, 0.6) is 0 Å². The molecule has 2 aromatic rings. The molecule has 0 unspecified atom stereocenters. The maximum Gasteiger partial charge on any atom is 0.0434 e. The Morgan fingerprint density at radius 2 is 1.36 bits per heavy atom. The lowest BCUT2D eigenvalue weighted by molar-refractivity contribution is 0.286. The van der Waals surface area contributed by atoms with Gasteiger partial charge in [-0.2, -0.15) is 0 Å². The van der Waals surface area contributed by atoms with Gasteiger partial charge in [-0.05, 0) is 48.8 Å². The van der Waals surface area contributed by atoms with Crippen LogP contribution in [0, 0.1) is 5.92 Å². The first-order chi connectivity index (χ1) is 10.8. The lowest BCUT2D eigenvalue weighted by Gasteiger charge is -2.17. The van der Waals surface area contributed by atoms with Crippen molar-refractivity contribution in [3.8, 4) is 0 Å². The van der Waals surface area contributed by atoms with Crippen LogP contribution in [0.25, 0.3) is 0 Å². The van der Waals surface area contributed by atoms with Gasteiger partial charge in [0.05, 0.1) is 0 Å². The Morgan fingerprint density at radius 3 is 2.00 bits per heavy atom. The highest BCUT2D eigenvalue weighted by atomic mass is 16.3. The molecule has 0 aliphatic heterocycles. The van der Waals surface area contributed by atoms with Gasteiger partial charge < -0.3 is 10.2 Å². The predicted molar refractivity (Wildman–Crippen MR) is 90.7 cm³/mol. The molecule has 0 aromatic heterocycles. The van der Waals surface area contributed by atoms with Gasteiger partial charge in [-0.25, -0.2) is 0 Å². The summed E-state index contributed by atoms with van der Waals surface area (Å²) < 4.78 is 0. The average molecular weight is 297 g/mol. The zero-order chi connectivity index (χ0) is 15.6. The molecule has 2 aromatic carbocycles. The van der Waals surface area contributed by atoms with Gasteiger partial charge in [0.25, 0.3) is 0 Å². The summed E-state index contributed by atoms with van der Waals surface area (Å²) in [6.45, 7) is 0.477. The maximum atomic E-state index is 9.11. The molecule has 0 amide bonds. The second-order valence-electron chi connectivity index (χ2n) is 5.62. The molecule has 2 nitrogen and oxygen atoms in total. The summed E-state index contributed by atoms with van der Waals surface area (Å²) in [7, 11) is 0. The van der Waals surface area contributed by atoms with Crippen LogP contribution in [-0.4, -0.2) is 23.4 Å². The van der Waals surface area contributed by atoms with Crippen LogP contribution in [0.15, 0.2) is 54.6 Å². The van der Waals surface area contributed by atoms with E-state index in [-0.39, 0.29) is 13.2 Å². The largest absolute Gasteiger partial charge is 0.396 e. The Hall–Kier alpha value is -1.64. The van der Waals surface area contributed by atoms with Gasteiger partial charge in [-0.1, -0.05) is 54.6 Å². The Kier molecular flexibility index (Phi) is 7.14. The van der Waals surface area contributed by atoms with Crippen molar-refractivity contribution < 1.29 is 10.2 Å². The van der Waals surface area contributed by atoms with Crippen LogP contribution in [0.3, 0.4) is 0 Å². The molecule has 2 heteroatoms. The van der Waals surface area contributed by atoms with E-state index in [2.05, 4.69) is 48.5 Å². The molecule has 1 radical (unpaired) electrons. The highest BCUT2D eigenvalue weighted by Crippen LogP contribution is 2.25. The third-order valence-electron chi connectivity index (χ3n) is 3.88. The fourth-order valence-electron chi connectivity index (χ4n) is 2.65. The standard InChI is InChI=1S/C20H25O2/c21-14-4-6-17-10-12-18(13-11-17)16-20(9-5-15-22)19-7-2-1-3-8-19/h1-3,7-8,10-13,21-22H,4-6,9,14-16H2. The van der Waals surface area contributed by atoms with Crippen LogP contribution in [0.1, 0.15) is 36.0 Å². The number of hydrogen-bond acceptors (Lipinski definition) is 2. The van der Waals surface area contributed by atoms with E-state index in [4.69, 9.17) is 10.2 Å². The first-order valence-electron chi connectivity index (χ1n) is 8.03. The summed E-state index contributed by atoms with van der Waals surface area (Å²) in [4.78, 5) is 0. The minimum Gasteiger partial charge on any atom is -0.396 e. The lowest BCUT2D eigenvalue weighted by atomic mass is 9.88. The number of aliphatic hydroxyl groups excluding tert-OH is 2. The van der Waals surface area contributed by atoms with Crippen molar-refractivity contribution in [3.63, 3.8) is 0 Å². The summed E-state index contributed by atoms with van der Waals surface area (Å²) >= 11 is 0. The topological polar surface area (TPSA) is 40.5 Å². The van der Waals surface area contributed by atoms with E-state index in [9.17, 15) is 0 Å². The molecule has 0 aliphatic rings. The molecule has 0 fully saturated rings. The highest BCUT2D eigenvalue weighted by Gasteiger charge is 2.12. The van der Waals surface area contributed by atoms with Crippen molar-refractivity contribution in [3.05, 3.63) is 77.2 Å². The van der Waals surface area contributed by atoms with Gasteiger partial charge in [0, 0.05) is 19.1 Å². The molecule has 0 bridgehead atoms. The molecule has 22 heavy (non-hydrogen) atoms. The minimum absolute atomic E-state index is 0.233. The molecular formula is C20H25O2. The second-order valence-corrected chi connectivity index (χ2v) is 5.62. The van der Waals surface area contributed by atoms with Crippen molar-refractivity contribution in [2.45, 2.75) is 32.1 Å². The van der Waals surface area contributed by atoms with Gasteiger partial charge >= 0.3 is 0 Å². The average Bonchev–Trinajstić information content (AvgIpc) is 2.58. The van der Waals surface area contributed by atoms with E-state index < -0.39 is 0 Å². The molecule has 2 N–H and O–H groups in total. The summed E-state index contributed by atoms with van der Waals surface area (Å²) in [5.74, 6) is 1.37. The zero-order valence-electron chi connectivity index (χ0n) is 13.0. The molecule has 0 heterocycles. The summed E-state index contributed by atoms with van der Waals surface area (Å²) in [6, 6.07) is 19.1. The minimum atomic E-state index is 0.233. The van der Waals surface area contributed by atoms with Crippen molar-refractivity contribution >= 4 is 0 Å². The Balaban J connectivity index is 2.03. The summed E-state index contributed by atoms with van der Waals surface area (Å²) in [5.41, 5.74) is 3.83. The Morgan fingerprint density at radius 1 is 0.727 bits per heavy atom. The molecule has 0 aliphatic carbocycles. The van der Waals surface area contributed by atoms with E-state index in [1.807, 2.05) is 6.07 Å². The maximum absolute atomic E-state index is 9.11. The van der Waals surface area contributed by atoms with Gasteiger partial charge in [0.1, 0.15) is 0 Å². The third kappa shape index (κ3) is 5.28. The quantitative estimate of drug-likeness (QED) is 0.743. The molecular weight excluding hydrogens is 272 g/mol. The summed E-state index contributed by atoms with van der Waals surface area (Å²) in [6.07, 6.45) is 4.39. The van der Waals surface area contributed by atoms with Crippen molar-refractivity contribution in [2.24, 2.45) is 0 Å². The highest BCUT2D eigenvalue weighted by molar-refractivity contribution is 5.35. The predicted octanol–water partition coefficient (Wildman–Crippen LogP) is 3.55. The normalized spacial score (nSPS) is 11.0. The first kappa shape index (κ1) is 16.7. The van der Waals surface area contributed by atoms with Gasteiger partial charge in [0.2, 0.25) is 0 Å². The Labute approximate surface area is 133 Å². The molecule has 117 valence electrons. The fourth-order valence-corrected chi connectivity index (χ4v) is 2.65. The summed E-state index contributed by atoms with van der Waals surface area (Å²) in [5, 5.41) is 18.0. The van der Waals surface area contributed by atoms with Gasteiger partial charge in [0.15, 0.2) is 0 Å². The molecule has 0 saturated heterocycles. The van der Waals surface area contributed by atoms with Crippen molar-refractivity contribution in [2.75, 3.05) is 13.2 Å². The number of aryl methyl sites for hydroxylation is 1. The van der Waals surface area contributed by atoms with Crippen LogP contribution in [0.4, 0.5) is 0 Å². The number of hydrogen-bond donors (Lipinski definition) is 2. The van der Waals surface area contributed by atoms with Crippen LogP contribution in [0.2, 0.25) is 0 Å².